The third-order valence-electron chi connectivity index (χ3n) is 1.45. The van der Waals surface area contributed by atoms with Gasteiger partial charge in [-0.2, -0.15) is 5.10 Å². The summed E-state index contributed by atoms with van der Waals surface area (Å²) in [6.45, 7) is 3.39. The largest absolute Gasteiger partial charge is 0.274 e. The van der Waals surface area contributed by atoms with Crippen LogP contribution in [0.25, 0.3) is 0 Å². The predicted molar refractivity (Wildman–Crippen MR) is 53.4 cm³/mol. The van der Waals surface area contributed by atoms with Gasteiger partial charge < -0.3 is 0 Å². The molecule has 1 heterocycles. The van der Waals surface area contributed by atoms with Gasteiger partial charge in [0.1, 0.15) is 4.90 Å². The standard InChI is InChI=1S/C7H10ClN3O2S/c1-6(8)3-10-14(12,13)7-4-9-11(2)5-7/h4-5,10H,1,3H2,2H3. The molecule has 0 unspecified atom stereocenters. The summed E-state index contributed by atoms with van der Waals surface area (Å²) < 4.78 is 26.7. The van der Waals surface area contributed by atoms with E-state index in [9.17, 15) is 8.42 Å². The van der Waals surface area contributed by atoms with E-state index in [2.05, 4.69) is 16.4 Å². The van der Waals surface area contributed by atoms with Crippen LogP contribution >= 0.6 is 11.6 Å². The Morgan fingerprint density at radius 1 is 1.79 bits per heavy atom. The normalized spacial score (nSPS) is 11.6. The average molecular weight is 236 g/mol. The first kappa shape index (κ1) is 11.2. The van der Waals surface area contributed by atoms with E-state index < -0.39 is 10.0 Å². The topological polar surface area (TPSA) is 64.0 Å². The van der Waals surface area contributed by atoms with Crippen LogP contribution in [0.3, 0.4) is 0 Å². The molecule has 0 atom stereocenters. The van der Waals surface area contributed by atoms with Crippen molar-refractivity contribution in [1.82, 2.24) is 14.5 Å². The van der Waals surface area contributed by atoms with Gasteiger partial charge in [-0.15, -0.1) is 0 Å². The maximum absolute atomic E-state index is 11.5. The van der Waals surface area contributed by atoms with Gasteiger partial charge in [0.2, 0.25) is 10.0 Å². The minimum absolute atomic E-state index is 0.0127. The minimum Gasteiger partial charge on any atom is -0.274 e. The van der Waals surface area contributed by atoms with Crippen molar-refractivity contribution in [1.29, 1.82) is 0 Å². The van der Waals surface area contributed by atoms with Crippen LogP contribution in [0, 0.1) is 0 Å². The summed E-state index contributed by atoms with van der Waals surface area (Å²) in [5, 5.41) is 3.99. The lowest BCUT2D eigenvalue weighted by Gasteiger charge is -2.01. The number of nitrogens with one attached hydrogen (secondary N) is 1. The number of hydrogen-bond donors (Lipinski definition) is 1. The lowest BCUT2D eigenvalue weighted by molar-refractivity contribution is 0.585. The van der Waals surface area contributed by atoms with Gasteiger partial charge in [0.15, 0.2) is 0 Å². The number of aryl methyl sites for hydroxylation is 1. The van der Waals surface area contributed by atoms with Crippen molar-refractivity contribution in [2.75, 3.05) is 6.54 Å². The molecule has 0 aliphatic carbocycles. The number of hydrogen-bond acceptors (Lipinski definition) is 3. The molecule has 0 spiro atoms. The molecule has 0 aliphatic rings. The van der Waals surface area contributed by atoms with Crippen LogP contribution in [-0.4, -0.2) is 24.7 Å². The highest BCUT2D eigenvalue weighted by Crippen LogP contribution is 2.06. The molecular formula is C7H10ClN3O2S. The second-order valence-electron chi connectivity index (χ2n) is 2.69. The third-order valence-corrected chi connectivity index (χ3v) is 2.93. The van der Waals surface area contributed by atoms with Gasteiger partial charge >= 0.3 is 0 Å². The van der Waals surface area contributed by atoms with Gasteiger partial charge in [-0.05, 0) is 0 Å². The lowest BCUT2D eigenvalue weighted by atomic mass is 10.7. The lowest BCUT2D eigenvalue weighted by Crippen LogP contribution is -2.24. The summed E-state index contributed by atoms with van der Waals surface area (Å²) in [6, 6.07) is 0. The summed E-state index contributed by atoms with van der Waals surface area (Å²) >= 11 is 5.43. The number of rotatable bonds is 4. The second-order valence-corrected chi connectivity index (χ2v) is 4.99. The van der Waals surface area contributed by atoms with Gasteiger partial charge in [-0.1, -0.05) is 18.2 Å². The van der Waals surface area contributed by atoms with E-state index in [1.165, 1.54) is 17.1 Å². The Hall–Kier alpha value is -0.850. The fraction of sp³-hybridized carbons (Fsp3) is 0.286. The molecule has 0 bridgehead atoms. The van der Waals surface area contributed by atoms with Gasteiger partial charge in [-0.3, -0.25) is 4.68 Å². The molecule has 5 nitrogen and oxygen atoms in total. The molecule has 0 amide bonds. The van der Waals surface area contributed by atoms with Crippen molar-refractivity contribution in [2.24, 2.45) is 7.05 Å². The molecule has 0 saturated carbocycles. The fourth-order valence-electron chi connectivity index (χ4n) is 0.794. The van der Waals surface area contributed by atoms with Crippen molar-refractivity contribution in [3.8, 4) is 0 Å². The van der Waals surface area contributed by atoms with Crippen LogP contribution in [0.15, 0.2) is 28.9 Å². The van der Waals surface area contributed by atoms with Crippen molar-refractivity contribution >= 4 is 21.6 Å². The highest BCUT2D eigenvalue weighted by atomic mass is 35.5. The molecule has 1 N–H and O–H groups in total. The van der Waals surface area contributed by atoms with Gasteiger partial charge in [0, 0.05) is 24.8 Å². The molecule has 0 fully saturated rings. The van der Waals surface area contributed by atoms with Crippen molar-refractivity contribution in [3.05, 3.63) is 24.0 Å². The highest BCUT2D eigenvalue weighted by Gasteiger charge is 2.15. The molecule has 78 valence electrons. The van der Waals surface area contributed by atoms with Crippen LogP contribution < -0.4 is 4.72 Å². The summed E-state index contributed by atoms with van der Waals surface area (Å²) in [6.07, 6.45) is 2.67. The van der Waals surface area contributed by atoms with E-state index in [1.54, 1.807) is 7.05 Å². The fourth-order valence-corrected chi connectivity index (χ4v) is 1.95. The summed E-state index contributed by atoms with van der Waals surface area (Å²) in [5.41, 5.74) is 0. The Balaban J connectivity index is 2.81. The minimum atomic E-state index is -3.51. The van der Waals surface area contributed by atoms with E-state index in [1.807, 2.05) is 0 Å². The SMILES string of the molecule is C=C(Cl)CNS(=O)(=O)c1cnn(C)c1. The Morgan fingerprint density at radius 2 is 2.43 bits per heavy atom. The molecule has 0 saturated heterocycles. The molecule has 0 aliphatic heterocycles. The van der Waals surface area contributed by atoms with E-state index in [0.717, 1.165) is 0 Å². The maximum Gasteiger partial charge on any atom is 0.244 e. The van der Waals surface area contributed by atoms with Crippen LogP contribution in [0.1, 0.15) is 0 Å². The zero-order valence-corrected chi connectivity index (χ0v) is 9.14. The van der Waals surface area contributed by atoms with E-state index in [-0.39, 0.29) is 16.5 Å². The number of nitrogens with zero attached hydrogens (tertiary/aromatic N) is 2. The highest BCUT2D eigenvalue weighted by molar-refractivity contribution is 7.89. The Bertz CT molecular complexity index is 438. The predicted octanol–water partition coefficient (Wildman–Crippen LogP) is 0.451. The summed E-state index contributed by atoms with van der Waals surface area (Å²) in [4.78, 5) is 0.109. The molecule has 0 aromatic carbocycles. The zero-order valence-electron chi connectivity index (χ0n) is 7.57. The third kappa shape index (κ3) is 2.83. The molecular weight excluding hydrogens is 226 g/mol. The number of aromatic nitrogens is 2. The molecule has 7 heteroatoms. The number of sulfonamides is 1. The monoisotopic (exact) mass is 235 g/mol. The van der Waals surface area contributed by atoms with E-state index in [4.69, 9.17) is 11.6 Å². The molecule has 0 radical (unpaired) electrons. The van der Waals surface area contributed by atoms with Crippen molar-refractivity contribution in [2.45, 2.75) is 4.90 Å². The summed E-state index contributed by atoms with van der Waals surface area (Å²) in [5.74, 6) is 0. The molecule has 14 heavy (non-hydrogen) atoms. The van der Waals surface area contributed by atoms with Crippen LogP contribution in [0.5, 0.6) is 0 Å². The molecule has 1 aromatic rings. The first-order valence-corrected chi connectivity index (χ1v) is 5.59. The molecule has 1 rings (SSSR count). The molecule has 1 aromatic heterocycles. The smallest absolute Gasteiger partial charge is 0.244 e. The summed E-state index contributed by atoms with van der Waals surface area (Å²) in [7, 11) is -1.87. The van der Waals surface area contributed by atoms with Crippen molar-refractivity contribution < 1.29 is 8.42 Å². The van der Waals surface area contributed by atoms with Crippen LogP contribution in [-0.2, 0) is 17.1 Å². The first-order valence-electron chi connectivity index (χ1n) is 3.73. The van der Waals surface area contributed by atoms with Crippen LogP contribution in [0.4, 0.5) is 0 Å². The zero-order chi connectivity index (χ0) is 10.8. The Labute approximate surface area is 87.4 Å². The maximum atomic E-state index is 11.5. The average Bonchev–Trinajstić information content (AvgIpc) is 2.49. The van der Waals surface area contributed by atoms with Crippen LogP contribution in [0.2, 0.25) is 0 Å². The number of halogens is 1. The van der Waals surface area contributed by atoms with Gasteiger partial charge in [0.05, 0.1) is 6.20 Å². The van der Waals surface area contributed by atoms with Gasteiger partial charge in [0.25, 0.3) is 0 Å². The van der Waals surface area contributed by atoms with Crippen molar-refractivity contribution in [3.63, 3.8) is 0 Å². The first-order chi connectivity index (χ1) is 6.42. The van der Waals surface area contributed by atoms with Gasteiger partial charge in [-0.25, -0.2) is 13.1 Å². The quantitative estimate of drug-likeness (QED) is 0.824. The Kier molecular flexibility index (Phi) is 3.30. The van der Waals surface area contributed by atoms with E-state index in [0.29, 0.717) is 0 Å². The Morgan fingerprint density at radius 3 is 2.86 bits per heavy atom. The van der Waals surface area contributed by atoms with E-state index >= 15 is 0 Å². The second kappa shape index (κ2) is 4.12.